The van der Waals surface area contributed by atoms with E-state index in [1.165, 1.54) is 16.0 Å². The zero-order valence-electron chi connectivity index (χ0n) is 17.8. The van der Waals surface area contributed by atoms with Gasteiger partial charge in [-0.3, -0.25) is 24.3 Å². The maximum absolute atomic E-state index is 13.3. The molecule has 0 N–H and O–H groups in total. The summed E-state index contributed by atoms with van der Waals surface area (Å²) in [7, 11) is 1.81. The van der Waals surface area contributed by atoms with Crippen LogP contribution in [-0.2, 0) is 13.0 Å². The number of fused-ring (bicyclic) bond motifs is 2. The van der Waals surface area contributed by atoms with Gasteiger partial charge in [-0.15, -0.1) is 0 Å². The van der Waals surface area contributed by atoms with Gasteiger partial charge in [0.2, 0.25) is 0 Å². The lowest BCUT2D eigenvalue weighted by atomic mass is 9.86. The summed E-state index contributed by atoms with van der Waals surface area (Å²) in [5.41, 5.74) is 4.33. The summed E-state index contributed by atoms with van der Waals surface area (Å²) in [5.74, 6) is -0.861. The van der Waals surface area contributed by atoms with E-state index in [1.807, 2.05) is 19.2 Å². The third-order valence-electron chi connectivity index (χ3n) is 6.43. The molecular formula is C26H23N3O3. The van der Waals surface area contributed by atoms with Crippen molar-refractivity contribution in [2.45, 2.75) is 31.8 Å². The molecule has 6 nitrogen and oxygen atoms in total. The normalized spacial score (nSPS) is 17.2. The van der Waals surface area contributed by atoms with Gasteiger partial charge in [0, 0.05) is 25.0 Å². The summed E-state index contributed by atoms with van der Waals surface area (Å²) in [4.78, 5) is 46.1. The van der Waals surface area contributed by atoms with E-state index in [0.29, 0.717) is 11.1 Å². The maximum atomic E-state index is 13.3. The molecule has 160 valence electrons. The van der Waals surface area contributed by atoms with Crippen molar-refractivity contribution >= 4 is 17.7 Å². The molecule has 32 heavy (non-hydrogen) atoms. The first-order valence-electron chi connectivity index (χ1n) is 10.8. The quantitative estimate of drug-likeness (QED) is 0.592. The predicted octanol–water partition coefficient (Wildman–Crippen LogP) is 4.03. The van der Waals surface area contributed by atoms with Crippen LogP contribution in [0.15, 0.2) is 67.0 Å². The molecule has 1 aromatic heterocycles. The number of hydrogen-bond donors (Lipinski definition) is 0. The van der Waals surface area contributed by atoms with Crippen molar-refractivity contribution in [3.05, 3.63) is 100 Å². The number of benzene rings is 2. The summed E-state index contributed by atoms with van der Waals surface area (Å²) in [5, 5.41) is 0. The van der Waals surface area contributed by atoms with Crippen molar-refractivity contribution in [2.24, 2.45) is 0 Å². The van der Waals surface area contributed by atoms with Crippen LogP contribution in [0.1, 0.15) is 66.6 Å². The van der Waals surface area contributed by atoms with Crippen molar-refractivity contribution in [2.75, 3.05) is 7.05 Å². The third kappa shape index (κ3) is 3.38. The van der Waals surface area contributed by atoms with E-state index < -0.39 is 0 Å². The van der Waals surface area contributed by atoms with Gasteiger partial charge in [0.1, 0.15) is 0 Å². The molecule has 0 radical (unpaired) electrons. The average molecular weight is 425 g/mol. The summed E-state index contributed by atoms with van der Waals surface area (Å²) >= 11 is 0. The van der Waals surface area contributed by atoms with Gasteiger partial charge >= 0.3 is 0 Å². The van der Waals surface area contributed by atoms with Crippen LogP contribution in [0.5, 0.6) is 0 Å². The van der Waals surface area contributed by atoms with Gasteiger partial charge in [0.15, 0.2) is 0 Å². The Bertz CT molecular complexity index is 1220. The fourth-order valence-electron chi connectivity index (χ4n) is 4.71. The largest absolute Gasteiger partial charge is 0.335 e. The second-order valence-corrected chi connectivity index (χ2v) is 8.34. The summed E-state index contributed by atoms with van der Waals surface area (Å²) in [6.07, 6.45) is 6.21. The molecule has 2 aliphatic rings. The van der Waals surface area contributed by atoms with E-state index in [2.05, 4.69) is 17.1 Å². The molecule has 0 spiro atoms. The van der Waals surface area contributed by atoms with Crippen molar-refractivity contribution in [3.8, 4) is 0 Å². The Morgan fingerprint density at radius 2 is 1.78 bits per heavy atom. The molecular weight excluding hydrogens is 402 g/mol. The number of pyridine rings is 1. The van der Waals surface area contributed by atoms with Crippen LogP contribution in [0.4, 0.5) is 0 Å². The topological polar surface area (TPSA) is 70.6 Å². The molecule has 0 fully saturated rings. The zero-order chi connectivity index (χ0) is 22.2. The predicted molar refractivity (Wildman–Crippen MR) is 119 cm³/mol. The number of rotatable bonds is 4. The minimum Gasteiger partial charge on any atom is -0.335 e. The number of amides is 3. The van der Waals surface area contributed by atoms with E-state index in [0.717, 1.165) is 24.8 Å². The maximum Gasteiger partial charge on any atom is 0.261 e. The number of aryl methyl sites for hydroxylation is 1. The molecule has 5 rings (SSSR count). The highest BCUT2D eigenvalue weighted by atomic mass is 16.2. The second kappa shape index (κ2) is 8.04. The van der Waals surface area contributed by atoms with Gasteiger partial charge < -0.3 is 4.90 Å². The van der Waals surface area contributed by atoms with Gasteiger partial charge in [-0.05, 0) is 66.3 Å². The van der Waals surface area contributed by atoms with Gasteiger partial charge in [0.25, 0.3) is 17.7 Å². The molecule has 3 amide bonds. The minimum atomic E-state index is -0.373. The zero-order valence-corrected chi connectivity index (χ0v) is 17.8. The lowest BCUT2D eigenvalue weighted by Crippen LogP contribution is -2.33. The van der Waals surface area contributed by atoms with Gasteiger partial charge in [-0.2, -0.15) is 0 Å². The Morgan fingerprint density at radius 1 is 1.03 bits per heavy atom. The van der Waals surface area contributed by atoms with E-state index in [1.54, 1.807) is 47.6 Å². The molecule has 0 saturated carbocycles. The lowest BCUT2D eigenvalue weighted by molar-refractivity contribution is 0.0641. The van der Waals surface area contributed by atoms with Gasteiger partial charge in [-0.1, -0.05) is 24.3 Å². The van der Waals surface area contributed by atoms with Crippen molar-refractivity contribution in [1.82, 2.24) is 14.8 Å². The van der Waals surface area contributed by atoms with Crippen LogP contribution in [0.25, 0.3) is 0 Å². The Hall–Kier alpha value is -3.80. The molecule has 3 aromatic rings. The van der Waals surface area contributed by atoms with Crippen molar-refractivity contribution < 1.29 is 14.4 Å². The van der Waals surface area contributed by atoms with E-state index >= 15 is 0 Å². The number of nitrogens with zero attached hydrogens (tertiary/aromatic N) is 3. The number of imide groups is 1. The Morgan fingerprint density at radius 3 is 2.59 bits per heavy atom. The Kier molecular flexibility index (Phi) is 5.05. The molecule has 1 aliphatic carbocycles. The smallest absolute Gasteiger partial charge is 0.261 e. The fourth-order valence-corrected chi connectivity index (χ4v) is 4.71. The van der Waals surface area contributed by atoms with Gasteiger partial charge in [0.05, 0.1) is 23.7 Å². The third-order valence-corrected chi connectivity index (χ3v) is 6.43. The summed E-state index contributed by atoms with van der Waals surface area (Å²) in [6, 6.07) is 16.6. The number of carbonyl (C=O) groups is 3. The molecule has 6 heteroatoms. The molecule has 0 bridgehead atoms. The number of aromatic nitrogens is 1. The van der Waals surface area contributed by atoms with Crippen LogP contribution in [0.2, 0.25) is 0 Å². The van der Waals surface area contributed by atoms with Crippen molar-refractivity contribution in [3.63, 3.8) is 0 Å². The highest BCUT2D eigenvalue weighted by Crippen LogP contribution is 2.34. The van der Waals surface area contributed by atoms with Gasteiger partial charge in [-0.25, -0.2) is 0 Å². The van der Waals surface area contributed by atoms with E-state index in [-0.39, 0.29) is 35.9 Å². The van der Waals surface area contributed by atoms with Crippen LogP contribution >= 0.6 is 0 Å². The summed E-state index contributed by atoms with van der Waals surface area (Å²) in [6.45, 7) is 0.177. The highest BCUT2D eigenvalue weighted by molar-refractivity contribution is 6.22. The molecule has 1 unspecified atom stereocenters. The SMILES string of the molecule is CN(C(=O)c1ccc2c(c1)C(=O)N(Cc1ccncc1)C2=O)C1CCCc2ccccc21. The summed E-state index contributed by atoms with van der Waals surface area (Å²) < 4.78 is 0. The average Bonchev–Trinajstić information content (AvgIpc) is 3.07. The highest BCUT2D eigenvalue weighted by Gasteiger charge is 2.36. The first kappa shape index (κ1) is 20.1. The number of carbonyl (C=O) groups excluding carboxylic acids is 3. The van der Waals surface area contributed by atoms with E-state index in [9.17, 15) is 14.4 Å². The number of hydrogen-bond acceptors (Lipinski definition) is 4. The van der Waals surface area contributed by atoms with Crippen molar-refractivity contribution in [1.29, 1.82) is 0 Å². The Labute approximate surface area is 186 Å². The van der Waals surface area contributed by atoms with Crippen LogP contribution in [0.3, 0.4) is 0 Å². The fraction of sp³-hybridized carbons (Fsp3) is 0.231. The first-order chi connectivity index (χ1) is 15.5. The first-order valence-corrected chi connectivity index (χ1v) is 10.8. The Balaban J connectivity index is 1.40. The minimum absolute atomic E-state index is 0.00114. The monoisotopic (exact) mass is 425 g/mol. The van der Waals surface area contributed by atoms with Crippen LogP contribution in [-0.4, -0.2) is 39.6 Å². The second-order valence-electron chi connectivity index (χ2n) is 8.34. The molecule has 2 aromatic carbocycles. The van der Waals surface area contributed by atoms with E-state index in [4.69, 9.17) is 0 Å². The standard InChI is InChI=1S/C26H23N3O3/c1-28(23-8-4-6-18-5-2-3-7-20(18)23)24(30)19-9-10-21-22(15-19)26(32)29(25(21)31)16-17-11-13-27-14-12-17/h2-3,5,7,9-15,23H,4,6,8,16H2,1H3. The molecule has 2 heterocycles. The molecule has 1 aliphatic heterocycles. The lowest BCUT2D eigenvalue weighted by Gasteiger charge is -2.33. The molecule has 1 atom stereocenters. The van der Waals surface area contributed by atoms with Crippen LogP contribution in [0, 0.1) is 0 Å². The molecule has 0 saturated heterocycles. The van der Waals surface area contributed by atoms with Crippen LogP contribution < -0.4 is 0 Å².